The molecule has 1 aliphatic rings. The summed E-state index contributed by atoms with van der Waals surface area (Å²) in [4.78, 5) is 11.6. The van der Waals surface area contributed by atoms with Crippen molar-refractivity contribution in [3.05, 3.63) is 48.4 Å². The van der Waals surface area contributed by atoms with Gasteiger partial charge in [0, 0.05) is 24.8 Å². The van der Waals surface area contributed by atoms with E-state index in [9.17, 15) is 4.39 Å². The molecule has 1 aromatic carbocycles. The van der Waals surface area contributed by atoms with Crippen molar-refractivity contribution in [3.8, 4) is 11.4 Å². The summed E-state index contributed by atoms with van der Waals surface area (Å²) in [6.07, 6.45) is 2.96. The van der Waals surface area contributed by atoms with E-state index < -0.39 is 0 Å². The monoisotopic (exact) mass is 310 g/mol. The Bertz CT molecular complexity index is 842. The normalized spacial score (nSPS) is 18.8. The van der Waals surface area contributed by atoms with Gasteiger partial charge >= 0.3 is 0 Å². The van der Waals surface area contributed by atoms with Crippen molar-refractivity contribution in [1.29, 1.82) is 0 Å². The molecule has 4 nitrogen and oxygen atoms in total. The molecule has 0 N–H and O–H groups in total. The van der Waals surface area contributed by atoms with Gasteiger partial charge in [0.2, 0.25) is 0 Å². The Balaban J connectivity index is 1.81. The highest BCUT2D eigenvalue weighted by Gasteiger charge is 2.23. The Morgan fingerprint density at radius 3 is 2.96 bits per heavy atom. The van der Waals surface area contributed by atoms with Crippen molar-refractivity contribution < 1.29 is 4.39 Å². The predicted molar refractivity (Wildman–Crippen MR) is 88.5 cm³/mol. The van der Waals surface area contributed by atoms with E-state index in [4.69, 9.17) is 4.98 Å². The van der Waals surface area contributed by atoms with Crippen LogP contribution in [-0.4, -0.2) is 39.6 Å². The van der Waals surface area contributed by atoms with Gasteiger partial charge in [-0.3, -0.25) is 0 Å². The number of hydrogen-bond acceptors (Lipinski definition) is 3. The lowest BCUT2D eigenvalue weighted by Crippen LogP contribution is -2.17. The van der Waals surface area contributed by atoms with Gasteiger partial charge in [0.15, 0.2) is 5.65 Å². The molecule has 1 unspecified atom stereocenters. The van der Waals surface area contributed by atoms with Crippen LogP contribution in [0.3, 0.4) is 0 Å². The van der Waals surface area contributed by atoms with Gasteiger partial charge in [-0.25, -0.2) is 14.4 Å². The van der Waals surface area contributed by atoms with Crippen molar-refractivity contribution in [2.75, 3.05) is 20.1 Å². The minimum atomic E-state index is -0.241. The van der Waals surface area contributed by atoms with Crippen LogP contribution >= 0.6 is 0 Å². The van der Waals surface area contributed by atoms with E-state index in [0.717, 1.165) is 42.2 Å². The van der Waals surface area contributed by atoms with E-state index in [1.807, 2.05) is 18.2 Å². The van der Waals surface area contributed by atoms with Crippen molar-refractivity contribution in [2.45, 2.75) is 13.0 Å². The summed E-state index contributed by atoms with van der Waals surface area (Å²) in [5.41, 5.74) is 2.54. The highest BCUT2D eigenvalue weighted by molar-refractivity contribution is 5.77. The van der Waals surface area contributed by atoms with Gasteiger partial charge in [-0.1, -0.05) is 12.1 Å². The second-order valence-corrected chi connectivity index (χ2v) is 6.32. The Hall–Kier alpha value is -2.27. The van der Waals surface area contributed by atoms with E-state index in [1.165, 1.54) is 12.5 Å². The smallest absolute Gasteiger partial charge is 0.160 e. The number of benzene rings is 1. The SMILES string of the molecule is CN1CCC(Cn2c(-c3cccc(F)c3)nc3cccnc32)C1. The molecule has 3 aromatic rings. The van der Waals surface area contributed by atoms with Crippen LogP contribution in [0.2, 0.25) is 0 Å². The molecule has 1 aliphatic heterocycles. The zero-order chi connectivity index (χ0) is 15.8. The summed E-state index contributed by atoms with van der Waals surface area (Å²) in [5, 5.41) is 0. The molecule has 5 heteroatoms. The number of fused-ring (bicyclic) bond motifs is 1. The number of pyridine rings is 1. The Morgan fingerprint density at radius 2 is 2.17 bits per heavy atom. The molecule has 118 valence electrons. The molecule has 0 aliphatic carbocycles. The standard InChI is InChI=1S/C18H19FN4/c1-22-9-7-13(11-22)12-23-17(14-4-2-5-15(19)10-14)21-16-6-3-8-20-18(16)23/h2-6,8,10,13H,7,9,11-12H2,1H3. The third-order valence-electron chi connectivity index (χ3n) is 4.52. The van der Waals surface area contributed by atoms with E-state index in [-0.39, 0.29) is 5.82 Å². The van der Waals surface area contributed by atoms with Gasteiger partial charge < -0.3 is 9.47 Å². The maximum Gasteiger partial charge on any atom is 0.160 e. The topological polar surface area (TPSA) is 34.0 Å². The molecule has 3 heterocycles. The first-order valence-corrected chi connectivity index (χ1v) is 7.96. The van der Waals surface area contributed by atoms with Crippen LogP contribution in [0.1, 0.15) is 6.42 Å². The average Bonchev–Trinajstić information content (AvgIpc) is 3.12. The van der Waals surface area contributed by atoms with Crippen molar-refractivity contribution in [3.63, 3.8) is 0 Å². The number of likely N-dealkylation sites (tertiary alicyclic amines) is 1. The molecule has 4 rings (SSSR count). The molecular weight excluding hydrogens is 291 g/mol. The fraction of sp³-hybridized carbons (Fsp3) is 0.333. The van der Waals surface area contributed by atoms with Gasteiger partial charge in [-0.2, -0.15) is 0 Å². The average molecular weight is 310 g/mol. The van der Waals surface area contributed by atoms with Crippen LogP contribution in [0.15, 0.2) is 42.6 Å². The fourth-order valence-electron chi connectivity index (χ4n) is 3.41. The lowest BCUT2D eigenvalue weighted by atomic mass is 10.1. The second kappa shape index (κ2) is 5.74. The number of halogens is 1. The molecule has 1 saturated heterocycles. The van der Waals surface area contributed by atoms with Gasteiger partial charge in [0.25, 0.3) is 0 Å². The maximum atomic E-state index is 13.6. The molecule has 1 atom stereocenters. The van der Waals surface area contributed by atoms with Gasteiger partial charge in [-0.05, 0) is 50.2 Å². The summed E-state index contributed by atoms with van der Waals surface area (Å²) in [6.45, 7) is 3.07. The lowest BCUT2D eigenvalue weighted by Gasteiger charge is -2.14. The zero-order valence-corrected chi connectivity index (χ0v) is 13.1. The van der Waals surface area contributed by atoms with Crippen LogP contribution in [0.4, 0.5) is 4.39 Å². The molecule has 0 saturated carbocycles. The van der Waals surface area contributed by atoms with E-state index in [2.05, 4.69) is 21.5 Å². The third-order valence-corrected chi connectivity index (χ3v) is 4.52. The molecule has 0 amide bonds. The zero-order valence-electron chi connectivity index (χ0n) is 13.1. The molecule has 1 fully saturated rings. The number of hydrogen-bond donors (Lipinski definition) is 0. The molecule has 0 radical (unpaired) electrons. The molecule has 23 heavy (non-hydrogen) atoms. The van der Waals surface area contributed by atoms with Gasteiger partial charge in [0.1, 0.15) is 17.2 Å². The van der Waals surface area contributed by atoms with E-state index in [0.29, 0.717) is 5.92 Å². The summed E-state index contributed by atoms with van der Waals surface area (Å²) >= 11 is 0. The largest absolute Gasteiger partial charge is 0.308 e. The summed E-state index contributed by atoms with van der Waals surface area (Å²) in [6, 6.07) is 10.5. The lowest BCUT2D eigenvalue weighted by molar-refractivity contribution is 0.380. The van der Waals surface area contributed by atoms with Crippen LogP contribution < -0.4 is 0 Å². The predicted octanol–water partition coefficient (Wildman–Crippen LogP) is 3.19. The fourth-order valence-corrected chi connectivity index (χ4v) is 3.41. The number of imidazole rings is 1. The number of aromatic nitrogens is 3. The number of nitrogens with zero attached hydrogens (tertiary/aromatic N) is 4. The number of rotatable bonds is 3. The Morgan fingerprint density at radius 1 is 1.26 bits per heavy atom. The third kappa shape index (κ3) is 2.72. The minimum Gasteiger partial charge on any atom is -0.308 e. The van der Waals surface area contributed by atoms with E-state index in [1.54, 1.807) is 18.3 Å². The summed E-state index contributed by atoms with van der Waals surface area (Å²) in [7, 11) is 2.15. The van der Waals surface area contributed by atoms with Gasteiger partial charge in [-0.15, -0.1) is 0 Å². The second-order valence-electron chi connectivity index (χ2n) is 6.32. The Kier molecular flexibility index (Phi) is 3.58. The highest BCUT2D eigenvalue weighted by Crippen LogP contribution is 2.27. The highest BCUT2D eigenvalue weighted by atomic mass is 19.1. The van der Waals surface area contributed by atoms with E-state index >= 15 is 0 Å². The summed E-state index contributed by atoms with van der Waals surface area (Å²) < 4.78 is 15.8. The minimum absolute atomic E-state index is 0.241. The quantitative estimate of drug-likeness (QED) is 0.745. The van der Waals surface area contributed by atoms with Gasteiger partial charge in [0.05, 0.1) is 0 Å². The molecule has 2 aromatic heterocycles. The van der Waals surface area contributed by atoms with Crippen LogP contribution in [0, 0.1) is 11.7 Å². The van der Waals surface area contributed by atoms with Crippen molar-refractivity contribution in [2.24, 2.45) is 5.92 Å². The first-order valence-electron chi connectivity index (χ1n) is 7.96. The Labute approximate surface area is 134 Å². The van der Waals surface area contributed by atoms with Crippen LogP contribution in [-0.2, 0) is 6.54 Å². The van der Waals surface area contributed by atoms with Crippen molar-refractivity contribution >= 4 is 11.2 Å². The molecular formula is C18H19FN4. The molecule has 0 bridgehead atoms. The van der Waals surface area contributed by atoms with Crippen LogP contribution in [0.25, 0.3) is 22.6 Å². The van der Waals surface area contributed by atoms with Crippen molar-refractivity contribution in [1.82, 2.24) is 19.4 Å². The van der Waals surface area contributed by atoms with Crippen LogP contribution in [0.5, 0.6) is 0 Å². The first-order chi connectivity index (χ1) is 11.2. The molecule has 0 spiro atoms. The summed E-state index contributed by atoms with van der Waals surface area (Å²) in [5.74, 6) is 1.13. The first kappa shape index (κ1) is 14.3. The maximum absolute atomic E-state index is 13.6.